The Morgan fingerprint density at radius 3 is 1.93 bits per heavy atom. The second-order valence-corrected chi connectivity index (χ2v) is 9.45. The molecule has 0 N–H and O–H groups in total. The second-order valence-electron chi connectivity index (χ2n) is 7.81. The zero-order chi connectivity index (χ0) is 18.9. The Hall–Kier alpha value is -1.40. The van der Waals surface area contributed by atoms with Crippen molar-refractivity contribution in [3.05, 3.63) is 125 Å². The van der Waals surface area contributed by atoms with Gasteiger partial charge in [-0.1, -0.05) is 0 Å². The van der Waals surface area contributed by atoms with Gasteiger partial charge in [-0.3, -0.25) is 0 Å². The molecule has 3 aliphatic rings. The molecular formula is C27H23Cl2Zr. The average Bonchev–Trinajstić information content (AvgIpc) is 3.37. The van der Waals surface area contributed by atoms with Gasteiger partial charge in [0.2, 0.25) is 0 Å². The quantitative estimate of drug-likeness (QED) is 0.572. The van der Waals surface area contributed by atoms with Crippen molar-refractivity contribution in [1.82, 2.24) is 0 Å². The predicted octanol–water partition coefficient (Wildman–Crippen LogP) is 0.706. The maximum atomic E-state index is 2.46. The van der Waals surface area contributed by atoms with Crippen molar-refractivity contribution >= 4 is 5.57 Å². The Bertz CT molecular complexity index is 974. The Kier molecular flexibility index (Phi) is 7.97. The second kappa shape index (κ2) is 10.3. The van der Waals surface area contributed by atoms with Gasteiger partial charge in [0.05, 0.1) is 0 Å². The molecule has 0 aromatic heterocycles. The van der Waals surface area contributed by atoms with E-state index in [4.69, 9.17) is 0 Å². The van der Waals surface area contributed by atoms with E-state index in [0.29, 0.717) is 21.4 Å². The van der Waals surface area contributed by atoms with Gasteiger partial charge in [0, 0.05) is 0 Å². The third kappa shape index (κ3) is 4.18. The molecule has 3 aliphatic carbocycles. The van der Waals surface area contributed by atoms with E-state index < -0.39 is 0 Å². The van der Waals surface area contributed by atoms with Crippen LogP contribution in [0.3, 0.4) is 0 Å². The SMILES string of the molecule is [Cl-].[Cl-].[Zr+2][CH]1C(C2=CC=CC2)C(=C(c2ccccc2)c2ccccc2)C2C=CC=CC21. The van der Waals surface area contributed by atoms with Crippen LogP contribution in [0.1, 0.15) is 17.5 Å². The Morgan fingerprint density at radius 1 is 0.767 bits per heavy atom. The first-order valence-electron chi connectivity index (χ1n) is 10.1. The first-order valence-corrected chi connectivity index (χ1v) is 11.5. The van der Waals surface area contributed by atoms with Crippen LogP contribution in [0.4, 0.5) is 0 Å². The van der Waals surface area contributed by atoms with Crippen LogP contribution in [-0.4, -0.2) is 0 Å². The summed E-state index contributed by atoms with van der Waals surface area (Å²) in [7, 11) is 0. The van der Waals surface area contributed by atoms with Crippen LogP contribution < -0.4 is 24.8 Å². The summed E-state index contributed by atoms with van der Waals surface area (Å²) in [5.41, 5.74) is 7.34. The number of benzene rings is 2. The van der Waals surface area contributed by atoms with Crippen LogP contribution in [0, 0.1) is 17.8 Å². The van der Waals surface area contributed by atoms with Gasteiger partial charge in [-0.05, 0) is 0 Å². The molecule has 1 saturated carbocycles. The third-order valence-electron chi connectivity index (χ3n) is 6.26. The van der Waals surface area contributed by atoms with Gasteiger partial charge in [0.1, 0.15) is 0 Å². The third-order valence-corrected chi connectivity index (χ3v) is 8.02. The summed E-state index contributed by atoms with van der Waals surface area (Å²) in [5.74, 6) is 1.65. The molecule has 0 aliphatic heterocycles. The van der Waals surface area contributed by atoms with Crippen LogP contribution in [-0.2, 0) is 24.7 Å². The van der Waals surface area contributed by atoms with Crippen molar-refractivity contribution in [3.63, 3.8) is 0 Å². The molecule has 0 spiro atoms. The van der Waals surface area contributed by atoms with Crippen molar-refractivity contribution in [2.24, 2.45) is 17.8 Å². The number of rotatable bonds is 3. The van der Waals surface area contributed by atoms with E-state index in [0.717, 1.165) is 6.42 Å². The number of allylic oxidation sites excluding steroid dienone is 9. The molecule has 4 unspecified atom stereocenters. The summed E-state index contributed by atoms with van der Waals surface area (Å²) >= 11 is 1.65. The van der Waals surface area contributed by atoms with E-state index in [1.165, 1.54) is 16.7 Å². The first kappa shape index (κ1) is 23.3. The summed E-state index contributed by atoms with van der Waals surface area (Å²) in [6, 6.07) is 22.0. The minimum absolute atomic E-state index is 0. The molecule has 0 radical (unpaired) electrons. The maximum absolute atomic E-state index is 2.46. The van der Waals surface area contributed by atoms with Crippen molar-refractivity contribution < 1.29 is 49.5 Å². The number of hydrogen-bond acceptors (Lipinski definition) is 0. The molecule has 0 nitrogen and oxygen atoms in total. The van der Waals surface area contributed by atoms with Gasteiger partial charge in [-0.2, -0.15) is 0 Å². The molecule has 0 heterocycles. The van der Waals surface area contributed by atoms with Crippen LogP contribution in [0.5, 0.6) is 0 Å². The first-order chi connectivity index (χ1) is 13.8. The Balaban J connectivity index is 0.00000128. The van der Waals surface area contributed by atoms with Crippen LogP contribution in [0.15, 0.2) is 114 Å². The van der Waals surface area contributed by atoms with Crippen LogP contribution in [0.25, 0.3) is 5.57 Å². The molecule has 1 fully saturated rings. The molecule has 4 atom stereocenters. The molecular weight excluding hydrogens is 486 g/mol. The number of halogens is 2. The number of hydrogen-bond donors (Lipinski definition) is 0. The van der Waals surface area contributed by atoms with E-state index in [1.807, 2.05) is 0 Å². The van der Waals surface area contributed by atoms with E-state index in [2.05, 4.69) is 103 Å². The van der Waals surface area contributed by atoms with E-state index in [1.54, 1.807) is 35.9 Å². The van der Waals surface area contributed by atoms with Gasteiger partial charge in [0.25, 0.3) is 0 Å². The summed E-state index contributed by atoms with van der Waals surface area (Å²) in [4.78, 5) is 0. The van der Waals surface area contributed by atoms with Gasteiger partial charge in [-0.15, -0.1) is 0 Å². The molecule has 30 heavy (non-hydrogen) atoms. The molecule has 149 valence electrons. The van der Waals surface area contributed by atoms with Gasteiger partial charge in [0.15, 0.2) is 0 Å². The summed E-state index contributed by atoms with van der Waals surface area (Å²) in [6.07, 6.45) is 17.4. The van der Waals surface area contributed by atoms with Gasteiger partial charge < -0.3 is 24.8 Å². The molecule has 0 amide bonds. The predicted molar refractivity (Wildman–Crippen MR) is 113 cm³/mol. The average molecular weight is 510 g/mol. The fraction of sp³-hybridized carbons (Fsp3) is 0.185. The van der Waals surface area contributed by atoms with Gasteiger partial charge in [-0.25, -0.2) is 0 Å². The fourth-order valence-corrected chi connectivity index (χ4v) is 6.81. The van der Waals surface area contributed by atoms with Crippen LogP contribution >= 0.6 is 0 Å². The van der Waals surface area contributed by atoms with Crippen molar-refractivity contribution in [3.8, 4) is 0 Å². The van der Waals surface area contributed by atoms with Crippen molar-refractivity contribution in [2.45, 2.75) is 10.0 Å². The molecule has 3 heteroatoms. The normalized spacial score (nSPS) is 25.9. The van der Waals surface area contributed by atoms with E-state index >= 15 is 0 Å². The Morgan fingerprint density at radius 2 is 1.37 bits per heavy atom. The summed E-state index contributed by atoms with van der Waals surface area (Å²) in [6.45, 7) is 0. The molecule has 0 bridgehead atoms. The van der Waals surface area contributed by atoms with Crippen molar-refractivity contribution in [2.75, 3.05) is 0 Å². The van der Waals surface area contributed by atoms with E-state index in [9.17, 15) is 0 Å². The standard InChI is InChI=1S/C27H23.2ClH.Zr/c1-3-13-21(14-4-1)26(22-15-5-2-6-16-22)27-24-18-10-9-17-23(24)19-25(27)20-11-7-8-12-20;;;/h1-11,13-19,23-25H,12H2;2*1H;/q;;;+2/p-2. The number of fused-ring (bicyclic) bond motifs is 1. The molecule has 0 saturated heterocycles. The van der Waals surface area contributed by atoms with Crippen LogP contribution in [0.2, 0.25) is 3.63 Å². The van der Waals surface area contributed by atoms with E-state index in [-0.39, 0.29) is 24.8 Å². The van der Waals surface area contributed by atoms with Gasteiger partial charge >= 0.3 is 184 Å². The monoisotopic (exact) mass is 507 g/mol. The molecule has 2 aromatic carbocycles. The summed E-state index contributed by atoms with van der Waals surface area (Å²) < 4.78 is 0.696. The fourth-order valence-electron chi connectivity index (χ4n) is 5.06. The topological polar surface area (TPSA) is 0 Å². The summed E-state index contributed by atoms with van der Waals surface area (Å²) in [5, 5.41) is 0. The minimum atomic E-state index is 0. The molecule has 5 rings (SSSR count). The zero-order valence-corrected chi connectivity index (χ0v) is 20.6. The molecule has 2 aromatic rings. The van der Waals surface area contributed by atoms with Crippen molar-refractivity contribution in [1.29, 1.82) is 0 Å². The Labute approximate surface area is 207 Å². The zero-order valence-electron chi connectivity index (χ0n) is 16.6.